The van der Waals surface area contributed by atoms with Crippen molar-refractivity contribution in [3.8, 4) is 0 Å². The molecule has 26 heavy (non-hydrogen) atoms. The molecule has 0 unspecified atom stereocenters. The molecule has 1 saturated carbocycles. The van der Waals surface area contributed by atoms with Gasteiger partial charge in [0.1, 0.15) is 0 Å². The number of rotatable bonds is 6. The van der Waals surface area contributed by atoms with Crippen molar-refractivity contribution in [1.29, 1.82) is 0 Å². The fourth-order valence-corrected chi connectivity index (χ4v) is 4.70. The zero-order valence-electron chi connectivity index (χ0n) is 14.2. The second kappa shape index (κ2) is 8.68. The number of carbonyl (C=O) groups excluding carboxylic acids is 1. The maximum atomic E-state index is 12.2. The molecule has 2 heterocycles. The van der Waals surface area contributed by atoms with Gasteiger partial charge < -0.3 is 10.4 Å². The van der Waals surface area contributed by atoms with Crippen molar-refractivity contribution in [2.24, 2.45) is 5.92 Å². The second-order valence-electron chi connectivity index (χ2n) is 6.39. The number of amides is 1. The number of aromatic nitrogens is 2. The quantitative estimate of drug-likeness (QED) is 0.727. The molecule has 1 aliphatic carbocycles. The SMILES string of the molecule is O=C(CSCc1cc(=O)n2ccsc2n1)N[C@H]1CCCCC[C@H]1C(=O)O. The first-order chi connectivity index (χ1) is 12.5. The molecule has 2 aromatic rings. The molecular weight excluding hydrogens is 374 g/mol. The van der Waals surface area contributed by atoms with E-state index in [9.17, 15) is 19.5 Å². The lowest BCUT2D eigenvalue weighted by Crippen LogP contribution is -2.43. The first kappa shape index (κ1) is 18.9. The largest absolute Gasteiger partial charge is 0.481 e. The predicted molar refractivity (Wildman–Crippen MR) is 102 cm³/mol. The van der Waals surface area contributed by atoms with Crippen LogP contribution in [0.4, 0.5) is 0 Å². The Bertz CT molecular complexity index is 848. The minimum absolute atomic E-state index is 0.126. The molecule has 0 aliphatic heterocycles. The lowest BCUT2D eigenvalue weighted by atomic mass is 9.95. The number of fused-ring (bicyclic) bond motifs is 1. The van der Waals surface area contributed by atoms with Gasteiger partial charge in [-0.3, -0.25) is 18.8 Å². The smallest absolute Gasteiger partial charge is 0.308 e. The summed E-state index contributed by atoms with van der Waals surface area (Å²) in [4.78, 5) is 40.6. The Morgan fingerprint density at radius 1 is 1.35 bits per heavy atom. The Morgan fingerprint density at radius 2 is 2.15 bits per heavy atom. The first-order valence-electron chi connectivity index (χ1n) is 8.60. The highest BCUT2D eigenvalue weighted by atomic mass is 32.2. The van der Waals surface area contributed by atoms with Crippen molar-refractivity contribution < 1.29 is 14.7 Å². The Kier molecular flexibility index (Phi) is 6.31. The summed E-state index contributed by atoms with van der Waals surface area (Å²) in [5.41, 5.74) is 0.521. The third-order valence-electron chi connectivity index (χ3n) is 4.52. The molecule has 0 saturated heterocycles. The van der Waals surface area contributed by atoms with E-state index >= 15 is 0 Å². The van der Waals surface area contributed by atoms with E-state index in [4.69, 9.17) is 0 Å². The molecule has 9 heteroatoms. The van der Waals surface area contributed by atoms with Gasteiger partial charge >= 0.3 is 5.97 Å². The number of carbonyl (C=O) groups is 2. The van der Waals surface area contributed by atoms with Gasteiger partial charge in [0.2, 0.25) is 5.91 Å². The predicted octanol–water partition coefficient (Wildman–Crippen LogP) is 2.14. The van der Waals surface area contributed by atoms with Gasteiger partial charge in [0.25, 0.3) is 5.56 Å². The van der Waals surface area contributed by atoms with Crippen LogP contribution in [-0.4, -0.2) is 38.2 Å². The number of thiazole rings is 1. The van der Waals surface area contributed by atoms with E-state index in [-0.39, 0.29) is 23.3 Å². The molecule has 1 amide bonds. The molecule has 140 valence electrons. The van der Waals surface area contributed by atoms with E-state index in [1.54, 1.807) is 11.6 Å². The topological polar surface area (TPSA) is 101 Å². The van der Waals surface area contributed by atoms with E-state index in [1.807, 2.05) is 0 Å². The lowest BCUT2D eigenvalue weighted by molar-refractivity contribution is -0.143. The van der Waals surface area contributed by atoms with Crippen LogP contribution in [0.3, 0.4) is 0 Å². The molecule has 2 N–H and O–H groups in total. The minimum Gasteiger partial charge on any atom is -0.481 e. The fraction of sp³-hybridized carbons (Fsp3) is 0.529. The van der Waals surface area contributed by atoms with E-state index < -0.39 is 11.9 Å². The van der Waals surface area contributed by atoms with Crippen LogP contribution >= 0.6 is 23.1 Å². The summed E-state index contributed by atoms with van der Waals surface area (Å²) in [6.45, 7) is 0. The van der Waals surface area contributed by atoms with Gasteiger partial charge in [-0.1, -0.05) is 19.3 Å². The van der Waals surface area contributed by atoms with Crippen LogP contribution in [-0.2, 0) is 15.3 Å². The number of aliphatic carboxylic acids is 1. The monoisotopic (exact) mass is 395 g/mol. The van der Waals surface area contributed by atoms with Crippen LogP contribution in [0.15, 0.2) is 22.4 Å². The maximum absolute atomic E-state index is 12.2. The van der Waals surface area contributed by atoms with E-state index in [2.05, 4.69) is 10.3 Å². The summed E-state index contributed by atoms with van der Waals surface area (Å²) in [7, 11) is 0. The highest BCUT2D eigenvalue weighted by Gasteiger charge is 2.30. The minimum atomic E-state index is -0.834. The van der Waals surface area contributed by atoms with Gasteiger partial charge in [-0.15, -0.1) is 23.1 Å². The van der Waals surface area contributed by atoms with Crippen molar-refractivity contribution in [2.45, 2.75) is 43.9 Å². The van der Waals surface area contributed by atoms with Crippen LogP contribution in [0.5, 0.6) is 0 Å². The summed E-state index contributed by atoms with van der Waals surface area (Å²) in [6.07, 6.45) is 5.85. The number of carboxylic acid groups (broad SMARTS) is 1. The highest BCUT2D eigenvalue weighted by molar-refractivity contribution is 7.99. The zero-order valence-corrected chi connectivity index (χ0v) is 15.9. The van der Waals surface area contributed by atoms with Crippen LogP contribution in [0, 0.1) is 5.92 Å². The summed E-state index contributed by atoms with van der Waals surface area (Å²) >= 11 is 2.76. The molecule has 2 atom stereocenters. The summed E-state index contributed by atoms with van der Waals surface area (Å²) in [5, 5.41) is 14.1. The van der Waals surface area contributed by atoms with Gasteiger partial charge in [0.05, 0.1) is 17.4 Å². The van der Waals surface area contributed by atoms with Gasteiger partial charge in [-0.25, -0.2) is 4.98 Å². The summed E-state index contributed by atoms with van der Waals surface area (Å²) in [6, 6.07) is 1.18. The van der Waals surface area contributed by atoms with Gasteiger partial charge in [0, 0.05) is 29.4 Å². The average molecular weight is 396 g/mol. The van der Waals surface area contributed by atoms with E-state index in [0.29, 0.717) is 29.2 Å². The third kappa shape index (κ3) is 4.64. The summed E-state index contributed by atoms with van der Waals surface area (Å²) in [5.74, 6) is -0.825. The Morgan fingerprint density at radius 3 is 2.96 bits per heavy atom. The molecule has 0 bridgehead atoms. The number of hydrogen-bond acceptors (Lipinski definition) is 6. The Balaban J connectivity index is 1.52. The molecule has 0 spiro atoms. The molecule has 0 radical (unpaired) electrons. The van der Waals surface area contributed by atoms with Crippen LogP contribution < -0.4 is 10.9 Å². The molecule has 2 aromatic heterocycles. The zero-order chi connectivity index (χ0) is 18.5. The highest BCUT2D eigenvalue weighted by Crippen LogP contribution is 2.24. The van der Waals surface area contributed by atoms with E-state index in [1.165, 1.54) is 33.6 Å². The molecule has 1 aliphatic rings. The van der Waals surface area contributed by atoms with Crippen molar-refractivity contribution in [1.82, 2.24) is 14.7 Å². The standard InChI is InChI=1S/C17H21N3O4S2/c21-14(19-13-5-3-1-2-4-12(13)16(23)24)10-25-9-11-8-15(22)20-6-7-26-17(20)18-11/h6-8,12-13H,1-5,9-10H2,(H,19,21)(H,23,24)/t12-,13+/m1/s1. The molecule has 7 nitrogen and oxygen atoms in total. The van der Waals surface area contributed by atoms with Crippen LogP contribution in [0.1, 0.15) is 37.8 Å². The first-order valence-corrected chi connectivity index (χ1v) is 10.6. The summed E-state index contributed by atoms with van der Waals surface area (Å²) < 4.78 is 1.49. The van der Waals surface area contributed by atoms with Crippen molar-refractivity contribution >= 4 is 39.9 Å². The normalized spacial score (nSPS) is 20.6. The van der Waals surface area contributed by atoms with Crippen LogP contribution in [0.25, 0.3) is 4.96 Å². The number of nitrogens with zero attached hydrogens (tertiary/aromatic N) is 2. The fourth-order valence-electron chi connectivity index (χ4n) is 3.23. The van der Waals surface area contributed by atoms with Crippen molar-refractivity contribution in [2.75, 3.05) is 5.75 Å². The molecule has 3 rings (SSSR count). The number of nitrogens with one attached hydrogen (secondary N) is 1. The Hall–Kier alpha value is -1.87. The number of thioether (sulfide) groups is 1. The second-order valence-corrected chi connectivity index (χ2v) is 8.25. The van der Waals surface area contributed by atoms with Crippen molar-refractivity contribution in [3.05, 3.63) is 33.7 Å². The lowest BCUT2D eigenvalue weighted by Gasteiger charge is -2.22. The maximum Gasteiger partial charge on any atom is 0.308 e. The third-order valence-corrected chi connectivity index (χ3v) is 6.24. The Labute approximate surface area is 158 Å². The van der Waals surface area contributed by atoms with Gasteiger partial charge in [0.15, 0.2) is 4.96 Å². The van der Waals surface area contributed by atoms with Gasteiger partial charge in [-0.05, 0) is 12.8 Å². The molecule has 1 fully saturated rings. The number of hydrogen-bond donors (Lipinski definition) is 2. The van der Waals surface area contributed by atoms with Crippen molar-refractivity contribution in [3.63, 3.8) is 0 Å². The van der Waals surface area contributed by atoms with E-state index in [0.717, 1.165) is 19.3 Å². The average Bonchev–Trinajstić information content (AvgIpc) is 2.94. The molecule has 0 aromatic carbocycles. The molecular formula is C17H21N3O4S2. The number of carboxylic acids is 1. The van der Waals surface area contributed by atoms with Gasteiger partial charge in [-0.2, -0.15) is 0 Å². The van der Waals surface area contributed by atoms with Crippen LogP contribution in [0.2, 0.25) is 0 Å².